The van der Waals surface area contributed by atoms with Crippen molar-refractivity contribution in [2.45, 2.75) is 13.1 Å². The molecular weight excluding hydrogens is 348 g/mol. The first kappa shape index (κ1) is 17.7. The number of rotatable bonds is 8. The van der Waals surface area contributed by atoms with Gasteiger partial charge in [-0.3, -0.25) is 4.68 Å². The molecule has 0 saturated heterocycles. The summed E-state index contributed by atoms with van der Waals surface area (Å²) in [4.78, 5) is 8.84. The van der Waals surface area contributed by atoms with Crippen molar-refractivity contribution in [1.82, 2.24) is 19.7 Å². The number of hydrogen-bond donors (Lipinski definition) is 2. The molecule has 0 unspecified atom stereocenters. The molecule has 2 aromatic carbocycles. The van der Waals surface area contributed by atoms with Crippen LogP contribution in [0.25, 0.3) is 11.3 Å². The lowest BCUT2D eigenvalue weighted by atomic mass is 10.1. The highest BCUT2D eigenvalue weighted by atomic mass is 15.3. The molecule has 6 heteroatoms. The van der Waals surface area contributed by atoms with Crippen molar-refractivity contribution in [2.24, 2.45) is 0 Å². The lowest BCUT2D eigenvalue weighted by Crippen LogP contribution is -2.12. The monoisotopic (exact) mass is 370 g/mol. The van der Waals surface area contributed by atoms with Crippen molar-refractivity contribution in [3.8, 4) is 11.3 Å². The summed E-state index contributed by atoms with van der Waals surface area (Å²) >= 11 is 0. The van der Waals surface area contributed by atoms with Crippen molar-refractivity contribution in [2.75, 3.05) is 17.2 Å². The van der Waals surface area contributed by atoms with Crippen LogP contribution in [0.2, 0.25) is 0 Å². The van der Waals surface area contributed by atoms with Gasteiger partial charge in [-0.25, -0.2) is 9.97 Å². The Hall–Kier alpha value is -3.67. The predicted octanol–water partition coefficient (Wildman–Crippen LogP) is 4.06. The molecule has 0 radical (unpaired) electrons. The third-order valence-electron chi connectivity index (χ3n) is 4.38. The molecule has 0 aliphatic heterocycles. The first-order valence-corrected chi connectivity index (χ1v) is 9.29. The standard InChI is InChI=1S/C22H22N6/c1-3-7-18(8-4-1)15-25-21-12-11-20(24-13-14-28-17-23-16-26-28)22(27-21)19-9-5-2-6-10-19/h1-12,16-17,24H,13-15H2,(H,25,27). The Balaban J connectivity index is 1.51. The minimum Gasteiger partial charge on any atom is -0.381 e. The van der Waals surface area contributed by atoms with Crippen molar-refractivity contribution < 1.29 is 0 Å². The van der Waals surface area contributed by atoms with Crippen molar-refractivity contribution in [3.63, 3.8) is 0 Å². The van der Waals surface area contributed by atoms with Crippen LogP contribution in [0.4, 0.5) is 11.5 Å². The van der Waals surface area contributed by atoms with Crippen LogP contribution in [-0.2, 0) is 13.1 Å². The molecule has 6 nitrogen and oxygen atoms in total. The predicted molar refractivity (Wildman–Crippen MR) is 112 cm³/mol. The second kappa shape index (κ2) is 8.81. The number of nitrogens with zero attached hydrogens (tertiary/aromatic N) is 4. The van der Waals surface area contributed by atoms with Gasteiger partial charge >= 0.3 is 0 Å². The zero-order valence-corrected chi connectivity index (χ0v) is 15.5. The highest BCUT2D eigenvalue weighted by Crippen LogP contribution is 2.27. The van der Waals surface area contributed by atoms with Gasteiger partial charge in [0.2, 0.25) is 0 Å². The summed E-state index contributed by atoms with van der Waals surface area (Å²) in [6.45, 7) is 2.21. The lowest BCUT2D eigenvalue weighted by Gasteiger charge is -2.14. The van der Waals surface area contributed by atoms with Gasteiger partial charge in [0.1, 0.15) is 18.5 Å². The highest BCUT2D eigenvalue weighted by Gasteiger charge is 2.08. The van der Waals surface area contributed by atoms with E-state index < -0.39 is 0 Å². The van der Waals surface area contributed by atoms with E-state index in [2.05, 4.69) is 51.0 Å². The van der Waals surface area contributed by atoms with Gasteiger partial charge in [-0.1, -0.05) is 60.7 Å². The molecule has 28 heavy (non-hydrogen) atoms. The Bertz CT molecular complexity index is 984. The number of aromatic nitrogens is 4. The van der Waals surface area contributed by atoms with Crippen molar-refractivity contribution in [1.29, 1.82) is 0 Å². The molecule has 2 aromatic heterocycles. The van der Waals surface area contributed by atoms with Gasteiger partial charge in [0.15, 0.2) is 0 Å². The fourth-order valence-electron chi connectivity index (χ4n) is 2.96. The minimum atomic E-state index is 0.737. The second-order valence-electron chi connectivity index (χ2n) is 6.38. The average Bonchev–Trinajstić information content (AvgIpc) is 3.28. The Morgan fingerprint density at radius 2 is 1.61 bits per heavy atom. The largest absolute Gasteiger partial charge is 0.381 e. The quantitative estimate of drug-likeness (QED) is 0.489. The molecule has 0 spiro atoms. The molecule has 0 bridgehead atoms. The summed E-state index contributed by atoms with van der Waals surface area (Å²) < 4.78 is 1.80. The Kier molecular flexibility index (Phi) is 5.58. The lowest BCUT2D eigenvalue weighted by molar-refractivity contribution is 0.636. The van der Waals surface area contributed by atoms with Gasteiger partial charge in [-0.15, -0.1) is 0 Å². The van der Waals surface area contributed by atoms with E-state index in [4.69, 9.17) is 4.98 Å². The topological polar surface area (TPSA) is 67.7 Å². The summed E-state index contributed by atoms with van der Waals surface area (Å²) in [5.74, 6) is 0.851. The molecule has 4 rings (SSSR count). The SMILES string of the molecule is c1ccc(CNc2ccc(NCCn3cncn3)c(-c3ccccc3)n2)cc1. The molecule has 0 amide bonds. The van der Waals surface area contributed by atoms with Gasteiger partial charge in [0.25, 0.3) is 0 Å². The average molecular weight is 370 g/mol. The van der Waals surface area contributed by atoms with E-state index in [0.717, 1.165) is 42.4 Å². The highest BCUT2D eigenvalue weighted by molar-refractivity contribution is 5.75. The van der Waals surface area contributed by atoms with Crippen LogP contribution in [-0.4, -0.2) is 26.3 Å². The molecule has 4 aromatic rings. The van der Waals surface area contributed by atoms with E-state index in [1.807, 2.05) is 42.5 Å². The Morgan fingerprint density at radius 3 is 2.36 bits per heavy atom. The van der Waals surface area contributed by atoms with E-state index in [-0.39, 0.29) is 0 Å². The van der Waals surface area contributed by atoms with E-state index in [9.17, 15) is 0 Å². The van der Waals surface area contributed by atoms with Gasteiger partial charge in [-0.2, -0.15) is 5.10 Å². The number of benzene rings is 2. The molecule has 0 aliphatic carbocycles. The molecule has 0 atom stereocenters. The zero-order chi connectivity index (χ0) is 19.0. The molecule has 140 valence electrons. The van der Waals surface area contributed by atoms with Gasteiger partial charge in [0, 0.05) is 18.7 Å². The Labute approximate surface area is 164 Å². The third kappa shape index (κ3) is 4.54. The van der Waals surface area contributed by atoms with Crippen LogP contribution in [0.3, 0.4) is 0 Å². The first-order valence-electron chi connectivity index (χ1n) is 9.29. The van der Waals surface area contributed by atoms with Crippen LogP contribution in [0.1, 0.15) is 5.56 Å². The van der Waals surface area contributed by atoms with E-state index in [1.54, 1.807) is 17.3 Å². The molecule has 0 saturated carbocycles. The minimum absolute atomic E-state index is 0.737. The van der Waals surface area contributed by atoms with E-state index in [1.165, 1.54) is 5.56 Å². The summed E-state index contributed by atoms with van der Waals surface area (Å²) in [5.41, 5.74) is 4.23. The van der Waals surface area contributed by atoms with Crippen LogP contribution in [0.5, 0.6) is 0 Å². The Morgan fingerprint density at radius 1 is 0.821 bits per heavy atom. The van der Waals surface area contributed by atoms with E-state index in [0.29, 0.717) is 0 Å². The third-order valence-corrected chi connectivity index (χ3v) is 4.38. The summed E-state index contributed by atoms with van der Waals surface area (Å²) in [5, 5.41) is 11.0. The number of nitrogens with one attached hydrogen (secondary N) is 2. The first-order chi connectivity index (χ1) is 13.9. The summed E-state index contributed by atoms with van der Waals surface area (Å²) in [6.07, 6.45) is 3.26. The number of pyridine rings is 1. The molecule has 0 aliphatic rings. The smallest absolute Gasteiger partial charge is 0.137 e. The van der Waals surface area contributed by atoms with Gasteiger partial charge < -0.3 is 10.6 Å². The van der Waals surface area contributed by atoms with Crippen LogP contribution >= 0.6 is 0 Å². The maximum atomic E-state index is 4.87. The number of hydrogen-bond acceptors (Lipinski definition) is 5. The van der Waals surface area contributed by atoms with Crippen LogP contribution < -0.4 is 10.6 Å². The normalized spacial score (nSPS) is 10.6. The van der Waals surface area contributed by atoms with Crippen molar-refractivity contribution in [3.05, 3.63) is 91.0 Å². The maximum Gasteiger partial charge on any atom is 0.137 e. The van der Waals surface area contributed by atoms with Crippen LogP contribution in [0, 0.1) is 0 Å². The van der Waals surface area contributed by atoms with Crippen molar-refractivity contribution >= 4 is 11.5 Å². The summed E-state index contributed by atoms with van der Waals surface area (Å²) in [6, 6.07) is 24.6. The van der Waals surface area contributed by atoms with E-state index >= 15 is 0 Å². The molecular formula is C22H22N6. The second-order valence-corrected chi connectivity index (χ2v) is 6.38. The fourth-order valence-corrected chi connectivity index (χ4v) is 2.96. The zero-order valence-electron chi connectivity index (χ0n) is 15.5. The molecule has 2 N–H and O–H groups in total. The number of anilines is 2. The van der Waals surface area contributed by atoms with Gasteiger partial charge in [-0.05, 0) is 17.7 Å². The maximum absolute atomic E-state index is 4.87. The van der Waals surface area contributed by atoms with Crippen LogP contribution in [0.15, 0.2) is 85.5 Å². The molecule has 0 fully saturated rings. The summed E-state index contributed by atoms with van der Waals surface area (Å²) in [7, 11) is 0. The van der Waals surface area contributed by atoms with Gasteiger partial charge in [0.05, 0.1) is 17.9 Å². The molecule has 2 heterocycles. The fraction of sp³-hybridized carbons (Fsp3) is 0.136.